The Labute approximate surface area is 130 Å². The molecule has 4 nitrogen and oxygen atoms in total. The Morgan fingerprint density at radius 2 is 2.09 bits per heavy atom. The first-order valence-electron chi connectivity index (χ1n) is 8.02. The van der Waals surface area contributed by atoms with E-state index in [1.807, 2.05) is 23.2 Å². The lowest BCUT2D eigenvalue weighted by molar-refractivity contribution is -0.129. The average Bonchev–Trinajstić information content (AvgIpc) is 3.21. The van der Waals surface area contributed by atoms with Crippen molar-refractivity contribution in [1.82, 2.24) is 14.5 Å². The van der Waals surface area contributed by atoms with Crippen LogP contribution in [0.2, 0.25) is 0 Å². The molecule has 2 aromatic rings. The van der Waals surface area contributed by atoms with E-state index in [0.717, 1.165) is 38.0 Å². The number of carbonyl (C=O) groups excluding carboxylic acids is 1. The van der Waals surface area contributed by atoms with Crippen molar-refractivity contribution in [1.29, 1.82) is 0 Å². The standard InChI is InChI=1S/C18H21N3O/c1-14-4-2-3-5-15(14)12-16(22)21-10-7-18(13-21)6-9-20-11-8-19-17(18)20/h2-5,8,11H,6-7,9-10,12-13H2,1H3. The van der Waals surface area contributed by atoms with Crippen LogP contribution in [-0.2, 0) is 23.2 Å². The van der Waals surface area contributed by atoms with Gasteiger partial charge in [0.25, 0.3) is 0 Å². The van der Waals surface area contributed by atoms with E-state index in [2.05, 4.69) is 34.8 Å². The van der Waals surface area contributed by atoms with E-state index in [-0.39, 0.29) is 11.3 Å². The summed E-state index contributed by atoms with van der Waals surface area (Å²) < 4.78 is 2.25. The van der Waals surface area contributed by atoms with Gasteiger partial charge in [0.15, 0.2) is 0 Å². The molecule has 1 saturated heterocycles. The lowest BCUT2D eigenvalue weighted by atomic mass is 9.85. The average molecular weight is 295 g/mol. The van der Waals surface area contributed by atoms with Crippen molar-refractivity contribution in [3.05, 3.63) is 53.6 Å². The molecule has 0 aliphatic carbocycles. The van der Waals surface area contributed by atoms with E-state index in [1.54, 1.807) is 0 Å². The van der Waals surface area contributed by atoms with Crippen molar-refractivity contribution in [3.63, 3.8) is 0 Å². The van der Waals surface area contributed by atoms with Gasteiger partial charge in [-0.1, -0.05) is 24.3 Å². The molecule has 1 unspecified atom stereocenters. The van der Waals surface area contributed by atoms with E-state index < -0.39 is 0 Å². The number of imidazole rings is 1. The molecule has 4 heteroatoms. The summed E-state index contributed by atoms with van der Waals surface area (Å²) >= 11 is 0. The minimum atomic E-state index is 0.102. The number of aromatic nitrogens is 2. The van der Waals surface area contributed by atoms with Gasteiger partial charge in [0, 0.05) is 37.4 Å². The minimum Gasteiger partial charge on any atom is -0.341 e. The molecule has 1 amide bonds. The molecule has 3 heterocycles. The second kappa shape index (κ2) is 4.97. The molecule has 0 N–H and O–H groups in total. The number of nitrogens with zero attached hydrogens (tertiary/aromatic N) is 3. The van der Waals surface area contributed by atoms with Crippen LogP contribution in [0.4, 0.5) is 0 Å². The quantitative estimate of drug-likeness (QED) is 0.852. The first-order valence-corrected chi connectivity index (χ1v) is 8.02. The van der Waals surface area contributed by atoms with E-state index >= 15 is 0 Å². The number of likely N-dealkylation sites (tertiary alicyclic amines) is 1. The topological polar surface area (TPSA) is 38.1 Å². The van der Waals surface area contributed by atoms with Gasteiger partial charge in [-0.3, -0.25) is 4.79 Å². The summed E-state index contributed by atoms with van der Waals surface area (Å²) in [6.07, 6.45) is 6.61. The molecule has 1 aromatic carbocycles. The zero-order valence-corrected chi connectivity index (χ0v) is 13.0. The highest BCUT2D eigenvalue weighted by Gasteiger charge is 2.46. The Kier molecular flexibility index (Phi) is 3.06. The van der Waals surface area contributed by atoms with Crippen LogP contribution in [0.5, 0.6) is 0 Å². The van der Waals surface area contributed by atoms with Gasteiger partial charge in [-0.2, -0.15) is 0 Å². The molecule has 0 bridgehead atoms. The summed E-state index contributed by atoms with van der Waals surface area (Å²) in [6, 6.07) is 8.16. The molecule has 2 aliphatic rings. The molecule has 1 atom stereocenters. The third-order valence-electron chi connectivity index (χ3n) is 5.33. The van der Waals surface area contributed by atoms with Crippen molar-refractivity contribution >= 4 is 5.91 Å². The number of rotatable bonds is 2. The summed E-state index contributed by atoms with van der Waals surface area (Å²) in [7, 11) is 0. The second-order valence-electron chi connectivity index (χ2n) is 6.64. The minimum absolute atomic E-state index is 0.102. The van der Waals surface area contributed by atoms with Gasteiger partial charge in [-0.15, -0.1) is 0 Å². The van der Waals surface area contributed by atoms with Gasteiger partial charge < -0.3 is 9.47 Å². The predicted octanol–water partition coefficient (Wildman–Crippen LogP) is 2.31. The van der Waals surface area contributed by atoms with E-state index in [4.69, 9.17) is 0 Å². The fourth-order valence-corrected chi connectivity index (χ4v) is 3.95. The molecule has 22 heavy (non-hydrogen) atoms. The Balaban J connectivity index is 1.50. The largest absolute Gasteiger partial charge is 0.341 e. The highest BCUT2D eigenvalue weighted by atomic mass is 16.2. The third-order valence-corrected chi connectivity index (χ3v) is 5.33. The zero-order valence-electron chi connectivity index (χ0n) is 13.0. The number of aryl methyl sites for hydroxylation is 2. The van der Waals surface area contributed by atoms with Gasteiger partial charge in [0.2, 0.25) is 5.91 Å². The molecule has 1 fully saturated rings. The molecule has 2 aliphatic heterocycles. The van der Waals surface area contributed by atoms with Gasteiger partial charge in [0.1, 0.15) is 5.82 Å². The maximum atomic E-state index is 12.7. The number of carbonyl (C=O) groups is 1. The Bertz CT molecular complexity index is 721. The zero-order chi connectivity index (χ0) is 15.2. The smallest absolute Gasteiger partial charge is 0.227 e. The maximum absolute atomic E-state index is 12.7. The number of hydrogen-bond donors (Lipinski definition) is 0. The SMILES string of the molecule is Cc1ccccc1CC(=O)N1CCC2(CCn3ccnc32)C1. The number of fused-ring (bicyclic) bond motifs is 2. The van der Waals surface area contributed by atoms with Crippen LogP contribution >= 0.6 is 0 Å². The lowest BCUT2D eigenvalue weighted by Gasteiger charge is -2.23. The van der Waals surface area contributed by atoms with Crippen molar-refractivity contribution in [2.24, 2.45) is 0 Å². The van der Waals surface area contributed by atoms with E-state index in [1.165, 1.54) is 11.4 Å². The third kappa shape index (κ3) is 2.05. The maximum Gasteiger partial charge on any atom is 0.227 e. The molecular weight excluding hydrogens is 274 g/mol. The molecule has 4 rings (SSSR count). The Morgan fingerprint density at radius 3 is 2.95 bits per heavy atom. The molecular formula is C18H21N3O. The predicted molar refractivity (Wildman–Crippen MR) is 84.6 cm³/mol. The van der Waals surface area contributed by atoms with Crippen molar-refractivity contribution < 1.29 is 4.79 Å². The highest BCUT2D eigenvalue weighted by molar-refractivity contribution is 5.79. The van der Waals surface area contributed by atoms with Crippen LogP contribution in [0.3, 0.4) is 0 Å². The number of benzene rings is 1. The monoisotopic (exact) mass is 295 g/mol. The van der Waals surface area contributed by atoms with Gasteiger partial charge >= 0.3 is 0 Å². The molecule has 0 saturated carbocycles. The number of amides is 1. The summed E-state index contributed by atoms with van der Waals surface area (Å²) in [4.78, 5) is 19.2. The van der Waals surface area contributed by atoms with Crippen molar-refractivity contribution in [2.75, 3.05) is 13.1 Å². The van der Waals surface area contributed by atoms with Crippen LogP contribution in [0.1, 0.15) is 29.8 Å². The normalized spacial score (nSPS) is 23.2. The Morgan fingerprint density at radius 1 is 1.27 bits per heavy atom. The summed E-state index contributed by atoms with van der Waals surface area (Å²) in [5, 5.41) is 0. The van der Waals surface area contributed by atoms with Crippen LogP contribution < -0.4 is 0 Å². The first-order chi connectivity index (χ1) is 10.7. The van der Waals surface area contributed by atoms with Crippen molar-refractivity contribution in [3.8, 4) is 0 Å². The second-order valence-corrected chi connectivity index (χ2v) is 6.64. The number of hydrogen-bond acceptors (Lipinski definition) is 2. The van der Waals surface area contributed by atoms with E-state index in [0.29, 0.717) is 6.42 Å². The Hall–Kier alpha value is -2.10. The summed E-state index contributed by atoms with van der Waals surface area (Å²) in [5.74, 6) is 1.43. The summed E-state index contributed by atoms with van der Waals surface area (Å²) in [5.41, 5.74) is 2.44. The van der Waals surface area contributed by atoms with Crippen molar-refractivity contribution in [2.45, 2.75) is 38.1 Å². The molecule has 0 radical (unpaired) electrons. The molecule has 114 valence electrons. The summed E-state index contributed by atoms with van der Waals surface area (Å²) in [6.45, 7) is 4.79. The lowest BCUT2D eigenvalue weighted by Crippen LogP contribution is -2.34. The van der Waals surface area contributed by atoms with E-state index in [9.17, 15) is 4.79 Å². The fraction of sp³-hybridized carbons (Fsp3) is 0.444. The van der Waals surface area contributed by atoms with Crippen LogP contribution in [0.15, 0.2) is 36.7 Å². The van der Waals surface area contributed by atoms with Crippen LogP contribution in [0.25, 0.3) is 0 Å². The van der Waals surface area contributed by atoms with Gasteiger partial charge in [0.05, 0.1) is 6.42 Å². The molecule has 1 spiro atoms. The van der Waals surface area contributed by atoms with Crippen LogP contribution in [0, 0.1) is 6.92 Å². The van der Waals surface area contributed by atoms with Gasteiger partial charge in [-0.25, -0.2) is 4.98 Å². The molecule has 1 aromatic heterocycles. The highest BCUT2D eigenvalue weighted by Crippen LogP contribution is 2.41. The van der Waals surface area contributed by atoms with Crippen LogP contribution in [-0.4, -0.2) is 33.4 Å². The first kappa shape index (κ1) is 13.6. The fourth-order valence-electron chi connectivity index (χ4n) is 3.95. The van der Waals surface area contributed by atoms with Gasteiger partial charge in [-0.05, 0) is 30.9 Å².